The van der Waals surface area contributed by atoms with Crippen LogP contribution >= 0.6 is 11.6 Å². The van der Waals surface area contributed by atoms with Gasteiger partial charge in [0.1, 0.15) is 5.58 Å². The zero-order valence-electron chi connectivity index (χ0n) is 11.6. The number of nitrogens with zero attached hydrogens (tertiary/aromatic N) is 1. The first-order valence-electron chi connectivity index (χ1n) is 6.59. The lowest BCUT2D eigenvalue weighted by atomic mass is 10.1. The van der Waals surface area contributed by atoms with E-state index in [0.29, 0.717) is 23.7 Å². The van der Waals surface area contributed by atoms with E-state index in [0.717, 1.165) is 22.9 Å². The second kappa shape index (κ2) is 6.39. The summed E-state index contributed by atoms with van der Waals surface area (Å²) >= 11 is 6.24. The van der Waals surface area contributed by atoms with Gasteiger partial charge in [-0.2, -0.15) is 0 Å². The fourth-order valence-corrected chi connectivity index (χ4v) is 2.53. The average Bonchev–Trinajstić information content (AvgIpc) is 2.39. The molecule has 0 radical (unpaired) electrons. The van der Waals surface area contributed by atoms with Crippen LogP contribution in [0, 0.1) is 0 Å². The van der Waals surface area contributed by atoms with Gasteiger partial charge in [0.2, 0.25) is 0 Å². The summed E-state index contributed by atoms with van der Waals surface area (Å²) < 4.78 is 5.26. The van der Waals surface area contributed by atoms with Gasteiger partial charge in [-0.15, -0.1) is 0 Å². The zero-order valence-corrected chi connectivity index (χ0v) is 12.4. The first kappa shape index (κ1) is 15.0. The second-order valence-electron chi connectivity index (χ2n) is 4.85. The fourth-order valence-electron chi connectivity index (χ4n) is 2.23. The van der Waals surface area contributed by atoms with Crippen molar-refractivity contribution in [3.63, 3.8) is 0 Å². The van der Waals surface area contributed by atoms with Crippen molar-refractivity contribution < 1.29 is 9.52 Å². The van der Waals surface area contributed by atoms with E-state index in [4.69, 9.17) is 21.1 Å². The Kier molecular flexibility index (Phi) is 4.81. The van der Waals surface area contributed by atoms with Gasteiger partial charge in [0.05, 0.1) is 6.61 Å². The molecule has 108 valence electrons. The molecule has 0 saturated carbocycles. The van der Waals surface area contributed by atoms with Crippen molar-refractivity contribution in [3.8, 4) is 0 Å². The Morgan fingerprint density at radius 3 is 2.70 bits per heavy atom. The Hall–Kier alpha value is -1.36. The minimum atomic E-state index is -0.366. The smallest absolute Gasteiger partial charge is 0.336 e. The molecule has 5 heteroatoms. The number of hydrogen-bond acceptors (Lipinski definition) is 4. The first-order valence-corrected chi connectivity index (χ1v) is 6.97. The number of rotatable bonds is 5. The highest BCUT2D eigenvalue weighted by atomic mass is 35.5. The van der Waals surface area contributed by atoms with Crippen molar-refractivity contribution in [2.24, 2.45) is 0 Å². The SMILES string of the molecule is CCc1cc2oc(=O)cc(CN(C)CCO)c2cc1Cl. The number of aliphatic hydroxyl groups is 1. The van der Waals surface area contributed by atoms with E-state index >= 15 is 0 Å². The number of halogens is 1. The third-order valence-corrected chi connectivity index (χ3v) is 3.65. The highest BCUT2D eigenvalue weighted by Crippen LogP contribution is 2.26. The third-order valence-electron chi connectivity index (χ3n) is 3.30. The summed E-state index contributed by atoms with van der Waals surface area (Å²) in [5.74, 6) is 0. The molecule has 0 bridgehead atoms. The number of aliphatic hydroxyl groups excluding tert-OH is 1. The van der Waals surface area contributed by atoms with Gasteiger partial charge in [0.15, 0.2) is 0 Å². The molecule has 20 heavy (non-hydrogen) atoms. The van der Waals surface area contributed by atoms with Gasteiger partial charge in [-0.25, -0.2) is 4.79 Å². The van der Waals surface area contributed by atoms with Crippen LogP contribution in [-0.2, 0) is 13.0 Å². The summed E-state index contributed by atoms with van der Waals surface area (Å²) in [7, 11) is 1.89. The van der Waals surface area contributed by atoms with Crippen molar-refractivity contribution in [2.45, 2.75) is 19.9 Å². The minimum absolute atomic E-state index is 0.0800. The van der Waals surface area contributed by atoms with E-state index in [-0.39, 0.29) is 12.2 Å². The molecule has 1 heterocycles. The summed E-state index contributed by atoms with van der Waals surface area (Å²) in [6.07, 6.45) is 0.785. The normalized spacial score (nSPS) is 11.4. The van der Waals surface area contributed by atoms with Gasteiger partial charge in [0.25, 0.3) is 0 Å². The molecule has 1 aromatic carbocycles. The molecule has 0 aliphatic rings. The molecular formula is C15H18ClNO3. The fraction of sp³-hybridized carbons (Fsp3) is 0.400. The summed E-state index contributed by atoms with van der Waals surface area (Å²) in [6, 6.07) is 5.16. The summed E-state index contributed by atoms with van der Waals surface area (Å²) in [5.41, 5.74) is 2.01. The molecule has 2 rings (SSSR count). The minimum Gasteiger partial charge on any atom is -0.423 e. The van der Waals surface area contributed by atoms with Crippen LogP contribution in [0.1, 0.15) is 18.1 Å². The van der Waals surface area contributed by atoms with Crippen molar-refractivity contribution in [1.29, 1.82) is 0 Å². The standard InChI is InChI=1S/C15H18ClNO3/c1-3-10-6-14-12(8-13(10)16)11(7-15(19)20-14)9-17(2)4-5-18/h6-8,18H,3-5,9H2,1-2H3. The number of hydrogen-bond donors (Lipinski definition) is 1. The maximum absolute atomic E-state index is 11.7. The Bertz CT molecular complexity index is 666. The van der Waals surface area contributed by atoms with Gasteiger partial charge in [-0.05, 0) is 36.7 Å². The monoisotopic (exact) mass is 295 g/mol. The van der Waals surface area contributed by atoms with Crippen molar-refractivity contribution in [1.82, 2.24) is 4.90 Å². The second-order valence-corrected chi connectivity index (χ2v) is 5.25. The number of benzene rings is 1. The molecule has 0 amide bonds. The van der Waals surface area contributed by atoms with Crippen LogP contribution in [0.5, 0.6) is 0 Å². The number of likely N-dealkylation sites (N-methyl/N-ethyl adjacent to an activating group) is 1. The van der Waals surface area contributed by atoms with Crippen LogP contribution in [0.25, 0.3) is 11.0 Å². The molecule has 0 atom stereocenters. The largest absolute Gasteiger partial charge is 0.423 e. The maximum Gasteiger partial charge on any atom is 0.336 e. The number of aryl methyl sites for hydroxylation is 1. The molecule has 0 aliphatic carbocycles. The molecule has 0 spiro atoms. The molecule has 0 aliphatic heterocycles. The lowest BCUT2D eigenvalue weighted by molar-refractivity contribution is 0.217. The van der Waals surface area contributed by atoms with Crippen molar-refractivity contribution in [2.75, 3.05) is 20.2 Å². The molecular weight excluding hydrogens is 278 g/mol. The van der Waals surface area contributed by atoms with Gasteiger partial charge in [0, 0.05) is 29.6 Å². The molecule has 1 aromatic heterocycles. The van der Waals surface area contributed by atoms with Crippen LogP contribution < -0.4 is 5.63 Å². The first-order chi connectivity index (χ1) is 9.55. The summed E-state index contributed by atoms with van der Waals surface area (Å²) in [4.78, 5) is 13.6. The highest BCUT2D eigenvalue weighted by Gasteiger charge is 2.11. The van der Waals surface area contributed by atoms with Gasteiger partial charge in [-0.1, -0.05) is 18.5 Å². The van der Waals surface area contributed by atoms with E-state index in [1.165, 1.54) is 6.07 Å². The molecule has 2 aromatic rings. The number of fused-ring (bicyclic) bond motifs is 1. The van der Waals surface area contributed by atoms with E-state index < -0.39 is 0 Å². The summed E-state index contributed by atoms with van der Waals surface area (Å²) in [5, 5.41) is 10.5. The van der Waals surface area contributed by atoms with Crippen LogP contribution in [0.15, 0.2) is 27.4 Å². The van der Waals surface area contributed by atoms with Crippen LogP contribution in [0.3, 0.4) is 0 Å². The molecule has 1 N–H and O–H groups in total. The highest BCUT2D eigenvalue weighted by molar-refractivity contribution is 6.32. The predicted molar refractivity (Wildman–Crippen MR) is 80.3 cm³/mol. The third kappa shape index (κ3) is 3.20. The Morgan fingerprint density at radius 2 is 2.05 bits per heavy atom. The van der Waals surface area contributed by atoms with Crippen LogP contribution in [-0.4, -0.2) is 30.2 Å². The Morgan fingerprint density at radius 1 is 1.30 bits per heavy atom. The predicted octanol–water partition coefficient (Wildman–Crippen LogP) is 2.43. The van der Waals surface area contributed by atoms with Crippen LogP contribution in [0.2, 0.25) is 5.02 Å². The lowest BCUT2D eigenvalue weighted by Crippen LogP contribution is -2.22. The molecule has 0 fully saturated rings. The van der Waals surface area contributed by atoms with Gasteiger partial charge < -0.3 is 9.52 Å². The van der Waals surface area contributed by atoms with Crippen molar-refractivity contribution in [3.05, 3.63) is 44.8 Å². The van der Waals surface area contributed by atoms with E-state index in [2.05, 4.69) is 0 Å². The summed E-state index contributed by atoms with van der Waals surface area (Å²) in [6.45, 7) is 3.19. The van der Waals surface area contributed by atoms with E-state index in [9.17, 15) is 4.79 Å². The lowest BCUT2D eigenvalue weighted by Gasteiger charge is -2.16. The van der Waals surface area contributed by atoms with Gasteiger partial charge >= 0.3 is 5.63 Å². The molecule has 0 unspecified atom stereocenters. The van der Waals surface area contributed by atoms with Gasteiger partial charge in [-0.3, -0.25) is 4.90 Å². The molecule has 4 nitrogen and oxygen atoms in total. The Balaban J connectivity index is 2.53. The maximum atomic E-state index is 11.7. The zero-order chi connectivity index (χ0) is 14.7. The van der Waals surface area contributed by atoms with Crippen molar-refractivity contribution >= 4 is 22.6 Å². The van der Waals surface area contributed by atoms with Crippen LogP contribution in [0.4, 0.5) is 0 Å². The quantitative estimate of drug-likeness (QED) is 0.861. The van der Waals surface area contributed by atoms with E-state index in [1.807, 2.05) is 31.0 Å². The Labute approximate surface area is 122 Å². The molecule has 0 saturated heterocycles. The average molecular weight is 296 g/mol. The topological polar surface area (TPSA) is 53.7 Å². The van der Waals surface area contributed by atoms with E-state index in [1.54, 1.807) is 0 Å².